The zero-order chi connectivity index (χ0) is 18.2. The van der Waals surface area contributed by atoms with Gasteiger partial charge in [-0.05, 0) is 63.9 Å². The summed E-state index contributed by atoms with van der Waals surface area (Å²) >= 11 is 0. The zero-order valence-electron chi connectivity index (χ0n) is 15.9. The quantitative estimate of drug-likeness (QED) is 0.826. The molecule has 2 heterocycles. The van der Waals surface area contributed by atoms with Gasteiger partial charge in [-0.3, -0.25) is 4.90 Å². The monoisotopic (exact) mass is 354 g/mol. The molecular formula is C21H30N4O. The summed E-state index contributed by atoms with van der Waals surface area (Å²) in [7, 11) is 0. The van der Waals surface area contributed by atoms with Crippen molar-refractivity contribution in [3.05, 3.63) is 54.1 Å². The Hall–Kier alpha value is -1.98. The van der Waals surface area contributed by atoms with E-state index in [9.17, 15) is 0 Å². The molecule has 1 unspecified atom stereocenters. The molecule has 0 spiro atoms. The van der Waals surface area contributed by atoms with Crippen molar-refractivity contribution in [3.63, 3.8) is 0 Å². The van der Waals surface area contributed by atoms with Crippen LogP contribution in [0.4, 0.5) is 0 Å². The molecule has 5 heteroatoms. The Labute approximate surface area is 156 Å². The smallest absolute Gasteiger partial charge is 0.119 e. The van der Waals surface area contributed by atoms with Crippen molar-refractivity contribution in [1.29, 1.82) is 0 Å². The second kappa shape index (κ2) is 9.64. The highest BCUT2D eigenvalue weighted by molar-refractivity contribution is 5.27. The summed E-state index contributed by atoms with van der Waals surface area (Å²) in [5.41, 5.74) is 2.49. The highest BCUT2D eigenvalue weighted by Gasteiger charge is 2.20. The molecule has 5 nitrogen and oxygen atoms in total. The lowest BCUT2D eigenvalue weighted by atomic mass is 10.0. The molecular weight excluding hydrogens is 324 g/mol. The lowest BCUT2D eigenvalue weighted by molar-refractivity contribution is 0.164. The van der Waals surface area contributed by atoms with Crippen molar-refractivity contribution < 1.29 is 4.74 Å². The lowest BCUT2D eigenvalue weighted by Gasteiger charge is -2.31. The maximum absolute atomic E-state index is 5.76. The van der Waals surface area contributed by atoms with Gasteiger partial charge in [0, 0.05) is 37.1 Å². The van der Waals surface area contributed by atoms with E-state index in [1.165, 1.54) is 30.4 Å². The average molecular weight is 354 g/mol. The summed E-state index contributed by atoms with van der Waals surface area (Å²) in [6, 6.07) is 9.10. The van der Waals surface area contributed by atoms with Gasteiger partial charge in [-0.2, -0.15) is 0 Å². The fourth-order valence-corrected chi connectivity index (χ4v) is 3.51. The Morgan fingerprint density at radius 1 is 1.04 bits per heavy atom. The molecule has 1 atom stereocenters. The highest BCUT2D eigenvalue weighted by atomic mass is 16.5. The average Bonchev–Trinajstić information content (AvgIpc) is 2.93. The van der Waals surface area contributed by atoms with E-state index in [1.807, 2.05) is 12.4 Å². The predicted octanol–water partition coefficient (Wildman–Crippen LogP) is 3.41. The SMILES string of the molecule is CC(C)Oc1ccc(CN(Cc2cncnc2)C2CCCNCC2)cc1. The van der Waals surface area contributed by atoms with Crippen molar-refractivity contribution >= 4 is 0 Å². The first kappa shape index (κ1) is 18.8. The fourth-order valence-electron chi connectivity index (χ4n) is 3.51. The maximum atomic E-state index is 5.76. The Morgan fingerprint density at radius 3 is 2.50 bits per heavy atom. The molecule has 1 aromatic heterocycles. The van der Waals surface area contributed by atoms with E-state index in [0.29, 0.717) is 6.04 Å². The van der Waals surface area contributed by atoms with Crippen molar-refractivity contribution in [1.82, 2.24) is 20.2 Å². The topological polar surface area (TPSA) is 50.3 Å². The van der Waals surface area contributed by atoms with E-state index in [4.69, 9.17) is 4.74 Å². The van der Waals surface area contributed by atoms with E-state index in [-0.39, 0.29) is 6.10 Å². The largest absolute Gasteiger partial charge is 0.491 e. The molecule has 0 saturated carbocycles. The van der Waals surface area contributed by atoms with E-state index >= 15 is 0 Å². The van der Waals surface area contributed by atoms with Crippen LogP contribution in [0.25, 0.3) is 0 Å². The van der Waals surface area contributed by atoms with Gasteiger partial charge in [-0.15, -0.1) is 0 Å². The summed E-state index contributed by atoms with van der Waals surface area (Å²) in [6.45, 7) is 8.14. The third-order valence-corrected chi connectivity index (χ3v) is 4.74. The zero-order valence-corrected chi connectivity index (χ0v) is 15.9. The van der Waals surface area contributed by atoms with Crippen molar-refractivity contribution in [2.75, 3.05) is 13.1 Å². The number of nitrogens with one attached hydrogen (secondary N) is 1. The van der Waals surface area contributed by atoms with E-state index in [2.05, 4.69) is 58.3 Å². The molecule has 0 bridgehead atoms. The molecule has 1 aliphatic heterocycles. The Kier molecular flexibility index (Phi) is 6.97. The molecule has 2 aromatic rings. The van der Waals surface area contributed by atoms with Gasteiger partial charge in [0.2, 0.25) is 0 Å². The minimum absolute atomic E-state index is 0.203. The van der Waals surface area contributed by atoms with Crippen LogP contribution in [0, 0.1) is 0 Å². The van der Waals surface area contributed by atoms with Gasteiger partial charge in [-0.1, -0.05) is 12.1 Å². The molecule has 1 fully saturated rings. The summed E-state index contributed by atoms with van der Waals surface area (Å²) < 4.78 is 5.76. The predicted molar refractivity (Wildman–Crippen MR) is 104 cm³/mol. The molecule has 1 aliphatic rings. The number of rotatable bonds is 7. The van der Waals surface area contributed by atoms with Crippen LogP contribution in [0.3, 0.4) is 0 Å². The fraction of sp³-hybridized carbons (Fsp3) is 0.524. The molecule has 1 saturated heterocycles. The highest BCUT2D eigenvalue weighted by Crippen LogP contribution is 2.21. The number of ether oxygens (including phenoxy) is 1. The van der Waals surface area contributed by atoms with Crippen LogP contribution in [-0.2, 0) is 13.1 Å². The molecule has 1 N–H and O–H groups in total. The third kappa shape index (κ3) is 5.78. The molecule has 26 heavy (non-hydrogen) atoms. The number of hydrogen-bond acceptors (Lipinski definition) is 5. The van der Waals surface area contributed by atoms with Crippen LogP contribution in [-0.4, -0.2) is 40.1 Å². The molecule has 3 rings (SSSR count). The second-order valence-electron chi connectivity index (χ2n) is 7.30. The van der Waals surface area contributed by atoms with Gasteiger partial charge >= 0.3 is 0 Å². The van der Waals surface area contributed by atoms with Crippen LogP contribution in [0.5, 0.6) is 5.75 Å². The van der Waals surface area contributed by atoms with Gasteiger partial charge in [0.15, 0.2) is 0 Å². The molecule has 140 valence electrons. The second-order valence-corrected chi connectivity index (χ2v) is 7.30. The standard InChI is InChI=1S/C21H30N4O/c1-17(2)26-21-7-5-18(6-8-21)14-25(15-19-12-23-16-24-13-19)20-4-3-10-22-11-9-20/h5-8,12-13,16-17,20,22H,3-4,9-11,14-15H2,1-2H3. The molecule has 0 radical (unpaired) electrons. The van der Waals surface area contributed by atoms with Crippen LogP contribution in [0.1, 0.15) is 44.2 Å². The number of hydrogen-bond donors (Lipinski definition) is 1. The van der Waals surface area contributed by atoms with Crippen molar-refractivity contribution in [3.8, 4) is 5.75 Å². The van der Waals surface area contributed by atoms with E-state index < -0.39 is 0 Å². The van der Waals surface area contributed by atoms with Crippen LogP contribution < -0.4 is 10.1 Å². The van der Waals surface area contributed by atoms with Gasteiger partial charge in [0.1, 0.15) is 12.1 Å². The first-order valence-electron chi connectivity index (χ1n) is 9.65. The Balaban J connectivity index is 1.71. The molecule has 1 aromatic carbocycles. The minimum Gasteiger partial charge on any atom is -0.491 e. The molecule has 0 amide bonds. The Morgan fingerprint density at radius 2 is 1.77 bits per heavy atom. The van der Waals surface area contributed by atoms with Gasteiger partial charge in [0.25, 0.3) is 0 Å². The summed E-state index contributed by atoms with van der Waals surface area (Å²) in [5, 5.41) is 3.52. The maximum Gasteiger partial charge on any atom is 0.119 e. The minimum atomic E-state index is 0.203. The summed E-state index contributed by atoms with van der Waals surface area (Å²) in [4.78, 5) is 10.9. The van der Waals surface area contributed by atoms with Crippen LogP contribution in [0.15, 0.2) is 43.0 Å². The Bertz CT molecular complexity index is 637. The van der Waals surface area contributed by atoms with E-state index in [1.54, 1.807) is 6.33 Å². The lowest BCUT2D eigenvalue weighted by Crippen LogP contribution is -2.35. The normalized spacial score (nSPS) is 18.1. The van der Waals surface area contributed by atoms with Crippen molar-refractivity contribution in [2.24, 2.45) is 0 Å². The van der Waals surface area contributed by atoms with E-state index in [0.717, 1.165) is 31.9 Å². The number of nitrogens with zero attached hydrogens (tertiary/aromatic N) is 3. The first-order chi connectivity index (χ1) is 12.7. The first-order valence-corrected chi connectivity index (χ1v) is 9.65. The van der Waals surface area contributed by atoms with Gasteiger partial charge in [0.05, 0.1) is 6.10 Å². The number of aromatic nitrogens is 2. The molecule has 0 aliphatic carbocycles. The van der Waals surface area contributed by atoms with Crippen molar-refractivity contribution in [2.45, 2.75) is 58.3 Å². The van der Waals surface area contributed by atoms with Crippen LogP contribution in [0.2, 0.25) is 0 Å². The summed E-state index contributed by atoms with van der Waals surface area (Å²) in [6.07, 6.45) is 9.29. The van der Waals surface area contributed by atoms with Crippen LogP contribution >= 0.6 is 0 Å². The summed E-state index contributed by atoms with van der Waals surface area (Å²) in [5.74, 6) is 0.936. The van der Waals surface area contributed by atoms with Gasteiger partial charge < -0.3 is 10.1 Å². The van der Waals surface area contributed by atoms with Gasteiger partial charge in [-0.25, -0.2) is 9.97 Å². The number of benzene rings is 1. The third-order valence-electron chi connectivity index (χ3n) is 4.74.